The van der Waals surface area contributed by atoms with Crippen LogP contribution in [0.5, 0.6) is 0 Å². The van der Waals surface area contributed by atoms with Crippen molar-refractivity contribution in [3.63, 3.8) is 0 Å². The van der Waals surface area contributed by atoms with Gasteiger partial charge in [-0.1, -0.05) is 6.92 Å². The molecule has 2 nitrogen and oxygen atoms in total. The van der Waals surface area contributed by atoms with Crippen LogP contribution >= 0.6 is 0 Å². The van der Waals surface area contributed by atoms with Gasteiger partial charge in [-0.15, -0.1) is 0 Å². The molecule has 1 N–H and O–H groups in total. The lowest BCUT2D eigenvalue weighted by Crippen LogP contribution is -2.43. The fourth-order valence-electron chi connectivity index (χ4n) is 2.63. The third-order valence-electron chi connectivity index (χ3n) is 3.72. The van der Waals surface area contributed by atoms with Crippen molar-refractivity contribution in [1.82, 2.24) is 0 Å². The Morgan fingerprint density at radius 1 is 1.31 bits per heavy atom. The summed E-state index contributed by atoms with van der Waals surface area (Å²) < 4.78 is 5.45. The zero-order chi connectivity index (χ0) is 9.31. The van der Waals surface area contributed by atoms with Crippen LogP contribution in [-0.4, -0.2) is 23.9 Å². The monoisotopic (exact) mass is 184 g/mol. The average molecular weight is 184 g/mol. The minimum atomic E-state index is -0.402. The molecular weight excluding hydrogens is 164 g/mol. The Morgan fingerprint density at radius 2 is 2.08 bits per heavy atom. The van der Waals surface area contributed by atoms with E-state index < -0.39 is 5.60 Å². The lowest BCUT2D eigenvalue weighted by molar-refractivity contribution is -0.0947. The van der Waals surface area contributed by atoms with Gasteiger partial charge in [0, 0.05) is 12.5 Å². The lowest BCUT2D eigenvalue weighted by Gasteiger charge is -2.38. The van der Waals surface area contributed by atoms with Gasteiger partial charge in [-0.3, -0.25) is 0 Å². The van der Waals surface area contributed by atoms with Gasteiger partial charge < -0.3 is 9.84 Å². The Labute approximate surface area is 80.3 Å². The highest BCUT2D eigenvalue weighted by atomic mass is 16.5. The molecule has 76 valence electrons. The molecular formula is C11H20O2. The summed E-state index contributed by atoms with van der Waals surface area (Å²) in [6.45, 7) is 3.77. The largest absolute Gasteiger partial charge is 0.389 e. The Bertz CT molecular complexity index is 171. The molecule has 1 saturated carbocycles. The number of ether oxygens (including phenoxy) is 1. The Balaban J connectivity index is 2.00. The molecule has 2 unspecified atom stereocenters. The smallest absolute Gasteiger partial charge is 0.0723 e. The minimum Gasteiger partial charge on any atom is -0.389 e. The molecule has 2 heteroatoms. The number of hydrogen-bond acceptors (Lipinski definition) is 2. The van der Waals surface area contributed by atoms with Crippen LogP contribution in [0.3, 0.4) is 0 Å². The molecule has 0 aromatic carbocycles. The first-order valence-corrected chi connectivity index (χ1v) is 5.57. The summed E-state index contributed by atoms with van der Waals surface area (Å²) in [4.78, 5) is 0. The number of hydrogen-bond donors (Lipinski definition) is 1. The van der Waals surface area contributed by atoms with E-state index >= 15 is 0 Å². The van der Waals surface area contributed by atoms with E-state index in [9.17, 15) is 5.11 Å². The van der Waals surface area contributed by atoms with Crippen LogP contribution in [0.1, 0.15) is 39.0 Å². The van der Waals surface area contributed by atoms with Gasteiger partial charge in [0.25, 0.3) is 0 Å². The second-order valence-electron chi connectivity index (χ2n) is 4.53. The summed E-state index contributed by atoms with van der Waals surface area (Å²) in [5.74, 6) is 0.975. The maximum atomic E-state index is 10.5. The molecule has 2 rings (SSSR count). The first-order valence-electron chi connectivity index (χ1n) is 5.57. The summed E-state index contributed by atoms with van der Waals surface area (Å²) in [5.41, 5.74) is -0.402. The highest BCUT2D eigenvalue weighted by Crippen LogP contribution is 2.47. The predicted octanol–water partition coefficient (Wildman–Crippen LogP) is 1.96. The molecule has 13 heavy (non-hydrogen) atoms. The Morgan fingerprint density at radius 3 is 2.54 bits per heavy atom. The summed E-state index contributed by atoms with van der Waals surface area (Å²) >= 11 is 0. The topological polar surface area (TPSA) is 29.5 Å². The highest BCUT2D eigenvalue weighted by Gasteiger charge is 2.47. The van der Waals surface area contributed by atoms with Crippen molar-refractivity contribution >= 4 is 0 Å². The van der Waals surface area contributed by atoms with Gasteiger partial charge >= 0.3 is 0 Å². The SMILES string of the molecule is CCC(O)(C1CC1)C1CCCOC1. The van der Waals surface area contributed by atoms with E-state index in [0.717, 1.165) is 32.5 Å². The van der Waals surface area contributed by atoms with Crippen molar-refractivity contribution in [2.24, 2.45) is 11.8 Å². The molecule has 2 aliphatic rings. The third-order valence-corrected chi connectivity index (χ3v) is 3.72. The molecule has 0 aromatic rings. The predicted molar refractivity (Wildman–Crippen MR) is 51.5 cm³/mol. The van der Waals surface area contributed by atoms with Gasteiger partial charge in [0.05, 0.1) is 12.2 Å². The van der Waals surface area contributed by atoms with E-state index in [-0.39, 0.29) is 0 Å². The summed E-state index contributed by atoms with van der Waals surface area (Å²) in [6.07, 6.45) is 5.62. The summed E-state index contributed by atoms with van der Waals surface area (Å²) in [7, 11) is 0. The molecule has 0 amide bonds. The van der Waals surface area contributed by atoms with Crippen molar-refractivity contribution in [3.8, 4) is 0 Å². The minimum absolute atomic E-state index is 0.402. The van der Waals surface area contributed by atoms with Crippen molar-refractivity contribution in [2.45, 2.75) is 44.6 Å². The van der Waals surface area contributed by atoms with Gasteiger partial charge in [-0.2, -0.15) is 0 Å². The standard InChI is InChI=1S/C11H20O2/c1-2-11(12,9-5-6-9)10-4-3-7-13-8-10/h9-10,12H,2-8H2,1H3. The maximum absolute atomic E-state index is 10.5. The van der Waals surface area contributed by atoms with E-state index in [1.165, 1.54) is 12.8 Å². The highest BCUT2D eigenvalue weighted by molar-refractivity contribution is 4.98. The first kappa shape index (κ1) is 9.47. The molecule has 0 aromatic heterocycles. The van der Waals surface area contributed by atoms with Crippen molar-refractivity contribution in [1.29, 1.82) is 0 Å². The second kappa shape index (κ2) is 3.58. The summed E-state index contributed by atoms with van der Waals surface area (Å²) in [5, 5.41) is 10.5. The van der Waals surface area contributed by atoms with Crippen molar-refractivity contribution in [2.75, 3.05) is 13.2 Å². The van der Waals surface area contributed by atoms with Crippen molar-refractivity contribution in [3.05, 3.63) is 0 Å². The average Bonchev–Trinajstić information content (AvgIpc) is 3.02. The van der Waals surface area contributed by atoms with Gasteiger partial charge in [-0.05, 0) is 38.0 Å². The van der Waals surface area contributed by atoms with E-state index in [2.05, 4.69) is 6.92 Å². The van der Waals surface area contributed by atoms with E-state index in [4.69, 9.17) is 4.74 Å². The van der Waals surface area contributed by atoms with Gasteiger partial charge in [0.15, 0.2) is 0 Å². The molecule has 2 atom stereocenters. The van der Waals surface area contributed by atoms with Crippen LogP contribution < -0.4 is 0 Å². The fraction of sp³-hybridized carbons (Fsp3) is 1.00. The zero-order valence-electron chi connectivity index (χ0n) is 8.46. The van der Waals surface area contributed by atoms with Crippen LogP contribution in [0.4, 0.5) is 0 Å². The van der Waals surface area contributed by atoms with E-state index in [1.807, 2.05) is 0 Å². The zero-order valence-corrected chi connectivity index (χ0v) is 8.46. The van der Waals surface area contributed by atoms with Crippen LogP contribution in [0.15, 0.2) is 0 Å². The molecule has 1 heterocycles. The van der Waals surface area contributed by atoms with Gasteiger partial charge in [0.2, 0.25) is 0 Å². The van der Waals surface area contributed by atoms with Crippen LogP contribution in [0.2, 0.25) is 0 Å². The van der Waals surface area contributed by atoms with E-state index in [1.54, 1.807) is 0 Å². The Kier molecular flexibility index (Phi) is 2.61. The molecule has 2 fully saturated rings. The molecule has 1 aliphatic heterocycles. The number of rotatable bonds is 3. The van der Waals surface area contributed by atoms with E-state index in [0.29, 0.717) is 11.8 Å². The quantitative estimate of drug-likeness (QED) is 0.726. The molecule has 1 aliphatic carbocycles. The second-order valence-corrected chi connectivity index (χ2v) is 4.53. The molecule has 1 saturated heterocycles. The van der Waals surface area contributed by atoms with Gasteiger partial charge in [-0.25, -0.2) is 0 Å². The van der Waals surface area contributed by atoms with Crippen molar-refractivity contribution < 1.29 is 9.84 Å². The van der Waals surface area contributed by atoms with Crippen LogP contribution in [0.25, 0.3) is 0 Å². The Hall–Kier alpha value is -0.0800. The third kappa shape index (κ3) is 1.75. The molecule has 0 bridgehead atoms. The molecule has 0 radical (unpaired) electrons. The first-order chi connectivity index (χ1) is 6.27. The fourth-order valence-corrected chi connectivity index (χ4v) is 2.63. The van der Waals surface area contributed by atoms with Crippen LogP contribution in [0, 0.1) is 11.8 Å². The van der Waals surface area contributed by atoms with Crippen LogP contribution in [-0.2, 0) is 4.74 Å². The normalized spacial score (nSPS) is 34.2. The lowest BCUT2D eigenvalue weighted by atomic mass is 9.78. The maximum Gasteiger partial charge on any atom is 0.0723 e. The molecule has 0 spiro atoms. The van der Waals surface area contributed by atoms with Gasteiger partial charge in [0.1, 0.15) is 0 Å². The summed E-state index contributed by atoms with van der Waals surface area (Å²) in [6, 6.07) is 0. The number of aliphatic hydroxyl groups is 1.